The maximum absolute atomic E-state index is 11.2. The molecule has 0 saturated carbocycles. The first kappa shape index (κ1) is 9.54. The van der Waals surface area contributed by atoms with Crippen LogP contribution in [0, 0.1) is 6.92 Å². The lowest BCUT2D eigenvalue weighted by Gasteiger charge is -2.07. The lowest BCUT2D eigenvalue weighted by atomic mass is 10.1. The van der Waals surface area contributed by atoms with E-state index in [0.717, 1.165) is 5.56 Å². The summed E-state index contributed by atoms with van der Waals surface area (Å²) >= 11 is 0. The largest absolute Gasteiger partial charge is 0.496 e. The molecule has 13 heavy (non-hydrogen) atoms. The fraction of sp³-hybridized carbons (Fsp3) is 0.222. The second-order valence-corrected chi connectivity index (χ2v) is 2.68. The Hall–Kier alpha value is -1.55. The number of hydrogen-bond acceptors (Lipinski definition) is 3. The average Bonchev–Trinajstić information content (AvgIpc) is 2.16. The molecule has 1 aromatic rings. The number of amides is 1. The van der Waals surface area contributed by atoms with Crippen LogP contribution in [0.1, 0.15) is 15.9 Å². The Balaban J connectivity index is 3.13. The highest BCUT2D eigenvalue weighted by molar-refractivity contribution is 5.96. The quantitative estimate of drug-likeness (QED) is 0.398. The van der Waals surface area contributed by atoms with Gasteiger partial charge in [0.1, 0.15) is 5.75 Å². The van der Waals surface area contributed by atoms with Crippen LogP contribution in [0.3, 0.4) is 0 Å². The number of nitrogen functional groups attached to an aromatic ring is 1. The van der Waals surface area contributed by atoms with Gasteiger partial charge in [0.2, 0.25) is 0 Å². The van der Waals surface area contributed by atoms with Gasteiger partial charge in [-0.05, 0) is 24.6 Å². The summed E-state index contributed by atoms with van der Waals surface area (Å²) in [6, 6.07) is 5.29. The Labute approximate surface area is 76.7 Å². The number of nitrogens with one attached hydrogen (secondary N) is 1. The summed E-state index contributed by atoms with van der Waals surface area (Å²) in [4.78, 5) is 11.2. The summed E-state index contributed by atoms with van der Waals surface area (Å²) < 4.78 is 5.03. The number of carbonyl (C=O) groups is 1. The maximum Gasteiger partial charge on any atom is 0.268 e. The maximum atomic E-state index is 11.2. The van der Waals surface area contributed by atoms with Gasteiger partial charge in [0.25, 0.3) is 5.91 Å². The summed E-state index contributed by atoms with van der Waals surface area (Å²) in [5.74, 6) is 5.19. The van der Waals surface area contributed by atoms with Crippen LogP contribution in [-0.4, -0.2) is 13.0 Å². The van der Waals surface area contributed by atoms with E-state index >= 15 is 0 Å². The molecule has 70 valence electrons. The number of aryl methyl sites for hydroxylation is 1. The Kier molecular flexibility index (Phi) is 2.87. The zero-order valence-corrected chi connectivity index (χ0v) is 7.63. The number of hydrazine groups is 1. The van der Waals surface area contributed by atoms with Crippen molar-refractivity contribution in [3.8, 4) is 5.75 Å². The standard InChI is InChI=1S/C9H12N2O2/c1-6-3-4-7(9(12)11-10)8(5-6)13-2/h3-5H,10H2,1-2H3,(H,11,12). The summed E-state index contributed by atoms with van der Waals surface area (Å²) in [5.41, 5.74) is 3.53. The van der Waals surface area contributed by atoms with Crippen LogP contribution < -0.4 is 16.0 Å². The van der Waals surface area contributed by atoms with Crippen molar-refractivity contribution in [2.75, 3.05) is 7.11 Å². The van der Waals surface area contributed by atoms with Crippen LogP contribution in [0.4, 0.5) is 0 Å². The third-order valence-corrected chi connectivity index (χ3v) is 1.73. The highest BCUT2D eigenvalue weighted by Crippen LogP contribution is 2.19. The molecule has 0 aliphatic heterocycles. The van der Waals surface area contributed by atoms with Crippen molar-refractivity contribution in [1.82, 2.24) is 5.43 Å². The van der Waals surface area contributed by atoms with E-state index in [9.17, 15) is 4.79 Å². The average molecular weight is 180 g/mol. The minimum atomic E-state index is -0.350. The number of benzene rings is 1. The van der Waals surface area contributed by atoms with Gasteiger partial charge in [-0.15, -0.1) is 0 Å². The molecule has 3 N–H and O–H groups in total. The van der Waals surface area contributed by atoms with Crippen molar-refractivity contribution in [3.05, 3.63) is 29.3 Å². The Morgan fingerprint density at radius 3 is 2.77 bits per heavy atom. The van der Waals surface area contributed by atoms with Gasteiger partial charge in [0.05, 0.1) is 12.7 Å². The molecule has 0 saturated heterocycles. The van der Waals surface area contributed by atoms with Gasteiger partial charge in [-0.25, -0.2) is 5.84 Å². The van der Waals surface area contributed by atoms with Crippen molar-refractivity contribution < 1.29 is 9.53 Å². The predicted molar refractivity (Wildman–Crippen MR) is 49.4 cm³/mol. The molecule has 0 heterocycles. The molecule has 0 aliphatic carbocycles. The third kappa shape index (κ3) is 1.97. The van der Waals surface area contributed by atoms with Gasteiger partial charge in [0.15, 0.2) is 0 Å². The molecule has 1 rings (SSSR count). The minimum Gasteiger partial charge on any atom is -0.496 e. The molecule has 0 spiro atoms. The SMILES string of the molecule is COc1cc(C)ccc1C(=O)NN. The van der Waals surface area contributed by atoms with Crippen molar-refractivity contribution >= 4 is 5.91 Å². The Morgan fingerprint density at radius 1 is 1.54 bits per heavy atom. The third-order valence-electron chi connectivity index (χ3n) is 1.73. The molecular formula is C9H12N2O2. The highest BCUT2D eigenvalue weighted by atomic mass is 16.5. The van der Waals surface area contributed by atoms with Crippen molar-refractivity contribution in [2.24, 2.45) is 5.84 Å². The van der Waals surface area contributed by atoms with E-state index in [1.807, 2.05) is 13.0 Å². The molecule has 0 aliphatic rings. The molecule has 0 atom stereocenters. The lowest BCUT2D eigenvalue weighted by molar-refractivity contribution is 0.0950. The summed E-state index contributed by atoms with van der Waals surface area (Å²) in [5, 5.41) is 0. The van der Waals surface area contributed by atoms with E-state index in [-0.39, 0.29) is 5.91 Å². The van der Waals surface area contributed by atoms with Crippen LogP contribution in [0.25, 0.3) is 0 Å². The molecule has 0 unspecified atom stereocenters. The smallest absolute Gasteiger partial charge is 0.268 e. The van der Waals surface area contributed by atoms with Crippen LogP contribution in [0.2, 0.25) is 0 Å². The van der Waals surface area contributed by atoms with Crippen molar-refractivity contribution in [3.63, 3.8) is 0 Å². The number of hydrogen-bond donors (Lipinski definition) is 2. The van der Waals surface area contributed by atoms with Crippen molar-refractivity contribution in [2.45, 2.75) is 6.92 Å². The van der Waals surface area contributed by atoms with Gasteiger partial charge < -0.3 is 4.74 Å². The first-order chi connectivity index (χ1) is 6.19. The van der Waals surface area contributed by atoms with Crippen molar-refractivity contribution in [1.29, 1.82) is 0 Å². The van der Waals surface area contributed by atoms with E-state index in [1.165, 1.54) is 7.11 Å². The summed E-state index contributed by atoms with van der Waals surface area (Å²) in [6.45, 7) is 1.92. The van der Waals surface area contributed by atoms with Gasteiger partial charge >= 0.3 is 0 Å². The number of methoxy groups -OCH3 is 1. The molecule has 1 aromatic carbocycles. The Bertz CT molecular complexity index is 323. The van der Waals surface area contributed by atoms with Gasteiger partial charge in [0, 0.05) is 0 Å². The number of carbonyl (C=O) groups excluding carboxylic acids is 1. The predicted octanol–water partition coefficient (Wildman–Crippen LogP) is 0.607. The molecule has 0 bridgehead atoms. The summed E-state index contributed by atoms with van der Waals surface area (Å²) in [7, 11) is 1.52. The minimum absolute atomic E-state index is 0.350. The van der Waals surface area contributed by atoms with Crippen LogP contribution in [0.15, 0.2) is 18.2 Å². The number of rotatable bonds is 2. The molecule has 4 heteroatoms. The van der Waals surface area contributed by atoms with Crippen LogP contribution >= 0.6 is 0 Å². The van der Waals surface area contributed by atoms with Gasteiger partial charge in [-0.1, -0.05) is 6.07 Å². The fourth-order valence-corrected chi connectivity index (χ4v) is 1.06. The van der Waals surface area contributed by atoms with E-state index in [2.05, 4.69) is 5.43 Å². The zero-order valence-electron chi connectivity index (χ0n) is 7.63. The highest BCUT2D eigenvalue weighted by Gasteiger charge is 2.09. The second kappa shape index (κ2) is 3.91. The van der Waals surface area contributed by atoms with Gasteiger partial charge in [-0.2, -0.15) is 0 Å². The van der Waals surface area contributed by atoms with E-state index in [4.69, 9.17) is 10.6 Å². The normalized spacial score (nSPS) is 9.46. The number of nitrogens with two attached hydrogens (primary N) is 1. The number of ether oxygens (including phenoxy) is 1. The molecule has 4 nitrogen and oxygen atoms in total. The first-order valence-electron chi connectivity index (χ1n) is 3.84. The zero-order chi connectivity index (χ0) is 9.84. The molecular weight excluding hydrogens is 168 g/mol. The van der Waals surface area contributed by atoms with E-state index in [0.29, 0.717) is 11.3 Å². The Morgan fingerprint density at radius 2 is 2.23 bits per heavy atom. The molecule has 0 radical (unpaired) electrons. The van der Waals surface area contributed by atoms with Crippen LogP contribution in [0.5, 0.6) is 5.75 Å². The van der Waals surface area contributed by atoms with E-state index < -0.39 is 0 Å². The fourth-order valence-electron chi connectivity index (χ4n) is 1.06. The second-order valence-electron chi connectivity index (χ2n) is 2.68. The van der Waals surface area contributed by atoms with E-state index in [1.54, 1.807) is 12.1 Å². The van der Waals surface area contributed by atoms with Gasteiger partial charge in [-0.3, -0.25) is 10.2 Å². The van der Waals surface area contributed by atoms with Crippen LogP contribution in [-0.2, 0) is 0 Å². The monoisotopic (exact) mass is 180 g/mol. The lowest BCUT2D eigenvalue weighted by Crippen LogP contribution is -2.30. The topological polar surface area (TPSA) is 64.3 Å². The molecule has 0 fully saturated rings. The summed E-state index contributed by atoms with van der Waals surface area (Å²) in [6.07, 6.45) is 0. The first-order valence-corrected chi connectivity index (χ1v) is 3.84. The molecule has 0 aromatic heterocycles. The molecule has 1 amide bonds.